The minimum absolute atomic E-state index is 0.218. The lowest BCUT2D eigenvalue weighted by molar-refractivity contribution is -0.138. The monoisotopic (exact) mass is 726 g/mol. The fraction of sp³-hybridized carbons (Fsp3) is 0.541. The van der Waals surface area contributed by atoms with Gasteiger partial charge in [0.1, 0.15) is 18.1 Å². The van der Waals surface area contributed by atoms with Gasteiger partial charge >= 0.3 is 5.97 Å². The first-order chi connectivity index (χ1) is 25.2. The lowest BCUT2D eigenvalue weighted by Crippen LogP contribution is -2.39. The summed E-state index contributed by atoms with van der Waals surface area (Å²) in [6, 6.07) is 10.1. The van der Waals surface area contributed by atoms with Gasteiger partial charge < -0.3 is 44.7 Å². The number of nitrogens with one attached hydrogen (secondary N) is 3. The number of aromatic nitrogens is 3. The van der Waals surface area contributed by atoms with E-state index in [9.17, 15) is 19.5 Å². The Labute approximate surface area is 305 Å². The Morgan fingerprint density at radius 3 is 2.19 bits per heavy atom. The van der Waals surface area contributed by atoms with E-state index in [4.69, 9.17) is 23.7 Å². The van der Waals surface area contributed by atoms with Crippen molar-refractivity contribution in [3.8, 4) is 11.4 Å². The maximum atomic E-state index is 12.8. The summed E-state index contributed by atoms with van der Waals surface area (Å²) in [7, 11) is 0. The molecule has 286 valence electrons. The summed E-state index contributed by atoms with van der Waals surface area (Å²) in [4.78, 5) is 41.1. The van der Waals surface area contributed by atoms with Gasteiger partial charge in [0.15, 0.2) is 5.75 Å². The van der Waals surface area contributed by atoms with Crippen molar-refractivity contribution in [1.82, 2.24) is 25.4 Å². The van der Waals surface area contributed by atoms with Crippen molar-refractivity contribution >= 4 is 23.6 Å². The Hall–Kier alpha value is -4.57. The molecule has 0 saturated carbocycles. The molecule has 3 rings (SSSR count). The molecule has 0 aliphatic rings. The van der Waals surface area contributed by atoms with E-state index in [-0.39, 0.29) is 25.3 Å². The minimum Gasteiger partial charge on any atom is -0.487 e. The average Bonchev–Trinajstić information content (AvgIpc) is 3.41. The van der Waals surface area contributed by atoms with Crippen LogP contribution in [0.3, 0.4) is 0 Å². The van der Waals surface area contributed by atoms with E-state index in [0.29, 0.717) is 88.5 Å². The topological polar surface area (TPSA) is 184 Å². The number of aliphatic carboxylic acids is 1. The van der Waals surface area contributed by atoms with E-state index in [1.807, 2.05) is 39.0 Å². The number of anilines is 1. The van der Waals surface area contributed by atoms with Crippen molar-refractivity contribution in [3.05, 3.63) is 65.1 Å². The van der Waals surface area contributed by atoms with E-state index in [1.165, 1.54) is 0 Å². The van der Waals surface area contributed by atoms with Gasteiger partial charge in [-0.2, -0.15) is 5.10 Å². The molecule has 52 heavy (non-hydrogen) atoms. The molecule has 0 fully saturated rings. The van der Waals surface area contributed by atoms with Gasteiger partial charge in [-0.3, -0.25) is 14.4 Å². The molecule has 2 amide bonds. The smallest absolute Gasteiger partial charge is 0.305 e. The van der Waals surface area contributed by atoms with Crippen LogP contribution in [0.4, 0.5) is 5.82 Å². The number of benzene rings is 1. The highest BCUT2D eigenvalue weighted by Crippen LogP contribution is 2.27. The van der Waals surface area contributed by atoms with Gasteiger partial charge in [-0.15, -0.1) is 0 Å². The molecular weight excluding hydrogens is 672 g/mol. The average molecular weight is 727 g/mol. The highest BCUT2D eigenvalue weighted by atomic mass is 16.6. The van der Waals surface area contributed by atoms with Crippen LogP contribution in [-0.2, 0) is 33.3 Å². The second-order valence-electron chi connectivity index (χ2n) is 12.0. The van der Waals surface area contributed by atoms with Crippen molar-refractivity contribution in [3.63, 3.8) is 0 Å². The van der Waals surface area contributed by atoms with Crippen molar-refractivity contribution in [1.29, 1.82) is 0 Å². The van der Waals surface area contributed by atoms with E-state index >= 15 is 0 Å². The second-order valence-corrected chi connectivity index (χ2v) is 12.0. The number of pyridine rings is 1. The summed E-state index contributed by atoms with van der Waals surface area (Å²) in [6.45, 7) is 12.5. The molecule has 0 bridgehead atoms. The Bertz CT molecular complexity index is 1530. The molecule has 1 atom stereocenters. The number of carboxylic acid groups (broad SMARTS) is 1. The molecule has 1 aromatic carbocycles. The van der Waals surface area contributed by atoms with Gasteiger partial charge in [0, 0.05) is 25.8 Å². The molecule has 0 unspecified atom stereocenters. The van der Waals surface area contributed by atoms with E-state index in [1.54, 1.807) is 29.1 Å². The molecule has 3 aromatic rings. The zero-order valence-corrected chi connectivity index (χ0v) is 30.8. The summed E-state index contributed by atoms with van der Waals surface area (Å²) >= 11 is 0. The molecular formula is C37H54N6O9. The molecule has 0 aliphatic heterocycles. The van der Waals surface area contributed by atoms with Gasteiger partial charge in [0.05, 0.1) is 76.6 Å². The van der Waals surface area contributed by atoms with Crippen molar-refractivity contribution in [2.24, 2.45) is 0 Å². The third-order valence-corrected chi connectivity index (χ3v) is 7.64. The largest absolute Gasteiger partial charge is 0.487 e. The first-order valence-electron chi connectivity index (χ1n) is 17.7. The number of carbonyl (C=O) groups is 3. The molecule has 2 heterocycles. The molecule has 0 aliphatic carbocycles. The number of hydrogen-bond acceptors (Lipinski definition) is 11. The number of aryl methyl sites for hydroxylation is 2. The quantitative estimate of drug-likeness (QED) is 0.0838. The van der Waals surface area contributed by atoms with Crippen LogP contribution in [0.1, 0.15) is 61.2 Å². The lowest BCUT2D eigenvalue weighted by Gasteiger charge is -2.19. The van der Waals surface area contributed by atoms with E-state index in [0.717, 1.165) is 30.1 Å². The summed E-state index contributed by atoms with van der Waals surface area (Å²) in [5.41, 5.74) is 3.77. The van der Waals surface area contributed by atoms with Crippen LogP contribution in [0.5, 0.6) is 5.75 Å². The first kappa shape index (κ1) is 41.8. The Kier molecular flexibility index (Phi) is 19.2. The van der Waals surface area contributed by atoms with Gasteiger partial charge in [0.2, 0.25) is 11.8 Å². The molecule has 0 spiro atoms. The van der Waals surface area contributed by atoms with Crippen LogP contribution in [-0.4, -0.2) is 110 Å². The number of amides is 2. The summed E-state index contributed by atoms with van der Waals surface area (Å²) in [5, 5.41) is 22.8. The molecule has 4 N–H and O–H groups in total. The third kappa shape index (κ3) is 15.8. The fourth-order valence-corrected chi connectivity index (χ4v) is 5.11. The Morgan fingerprint density at radius 1 is 0.865 bits per heavy atom. The third-order valence-electron chi connectivity index (χ3n) is 7.64. The normalized spacial score (nSPS) is 11.6. The number of carbonyl (C=O) groups excluding carboxylic acids is 2. The van der Waals surface area contributed by atoms with E-state index in [2.05, 4.69) is 33.0 Å². The van der Waals surface area contributed by atoms with Gasteiger partial charge in [-0.25, -0.2) is 9.67 Å². The zero-order valence-electron chi connectivity index (χ0n) is 30.8. The maximum absolute atomic E-state index is 12.8. The number of nitrogens with zero attached hydrogens (tertiary/aromatic N) is 3. The molecule has 0 saturated heterocycles. The standard InChI is InChI=1S/C37H54N6O9/c1-5-14-48-15-16-49-17-18-50-19-20-51-21-22-52-37-28(3)42-43(29(37)4)31-9-6-8-30(24-31)32(25-36(46)47)41-35(45)26-40-34(44)10-7-12-38-33-23-27(2)11-13-39-33/h6,8-9,11,13,23-24,32H,5,7,10,12,14-22,25-26H2,1-4H3,(H,38,39)(H,40,44)(H,41,45)(H,46,47)/t32-/m0/s1. The van der Waals surface area contributed by atoms with Crippen molar-refractivity contribution in [2.75, 3.05) is 77.9 Å². The van der Waals surface area contributed by atoms with Crippen molar-refractivity contribution in [2.45, 2.75) is 59.4 Å². The van der Waals surface area contributed by atoms with Crippen LogP contribution < -0.4 is 20.7 Å². The Morgan fingerprint density at radius 2 is 1.54 bits per heavy atom. The first-order valence-corrected chi connectivity index (χ1v) is 17.7. The summed E-state index contributed by atoms with van der Waals surface area (Å²) in [6.07, 6.45) is 3.13. The minimum atomic E-state index is -1.08. The van der Waals surface area contributed by atoms with Crippen LogP contribution in [0.15, 0.2) is 42.6 Å². The Balaban J connectivity index is 1.43. The fourth-order valence-electron chi connectivity index (χ4n) is 5.11. The molecule has 15 heteroatoms. The lowest BCUT2D eigenvalue weighted by atomic mass is 10.0. The van der Waals surface area contributed by atoms with Gasteiger partial charge in [-0.1, -0.05) is 19.1 Å². The zero-order chi connectivity index (χ0) is 37.6. The number of ether oxygens (including phenoxy) is 5. The predicted octanol–water partition coefficient (Wildman–Crippen LogP) is 3.69. The van der Waals surface area contributed by atoms with Gasteiger partial charge in [-0.05, 0) is 69.0 Å². The number of hydrogen-bond donors (Lipinski definition) is 4. The van der Waals surface area contributed by atoms with E-state index < -0.39 is 17.9 Å². The summed E-state index contributed by atoms with van der Waals surface area (Å²) in [5.74, 6) is -0.500. The molecule has 15 nitrogen and oxygen atoms in total. The summed E-state index contributed by atoms with van der Waals surface area (Å²) < 4.78 is 29.7. The SMILES string of the molecule is CCCOCCOCCOCCOCCOc1c(C)nn(-c2cccc([C@H](CC(=O)O)NC(=O)CNC(=O)CCCNc3cc(C)ccn3)c2)c1C. The highest BCUT2D eigenvalue weighted by molar-refractivity contribution is 5.85. The van der Waals surface area contributed by atoms with Crippen LogP contribution in [0.2, 0.25) is 0 Å². The molecule has 2 aromatic heterocycles. The number of carboxylic acids is 1. The number of rotatable bonds is 27. The predicted molar refractivity (Wildman–Crippen MR) is 195 cm³/mol. The molecule has 0 radical (unpaired) electrons. The maximum Gasteiger partial charge on any atom is 0.305 e. The van der Waals surface area contributed by atoms with Gasteiger partial charge in [0.25, 0.3) is 0 Å². The van der Waals surface area contributed by atoms with Crippen LogP contribution in [0.25, 0.3) is 5.69 Å². The van der Waals surface area contributed by atoms with Crippen molar-refractivity contribution < 1.29 is 43.2 Å². The highest BCUT2D eigenvalue weighted by Gasteiger charge is 2.21. The van der Waals surface area contributed by atoms with Crippen LogP contribution >= 0.6 is 0 Å². The second kappa shape index (κ2) is 23.8. The van der Waals surface area contributed by atoms with Crippen LogP contribution in [0, 0.1) is 20.8 Å².